The summed E-state index contributed by atoms with van der Waals surface area (Å²) in [6.45, 7) is 0. The minimum atomic E-state index is -2.51. The van der Waals surface area contributed by atoms with E-state index < -0.39 is 22.0 Å². The van der Waals surface area contributed by atoms with Gasteiger partial charge in [-0.2, -0.15) is 0 Å². The fourth-order valence-electron chi connectivity index (χ4n) is 3.63. The summed E-state index contributed by atoms with van der Waals surface area (Å²) in [7, 11) is 0. The molecule has 0 bridgehead atoms. The van der Waals surface area contributed by atoms with Crippen molar-refractivity contribution in [1.29, 1.82) is 0 Å². The van der Waals surface area contributed by atoms with Gasteiger partial charge in [-0.3, -0.25) is 19.7 Å². The van der Waals surface area contributed by atoms with E-state index in [0.717, 1.165) is 22.1 Å². The van der Waals surface area contributed by atoms with E-state index in [2.05, 4.69) is 4.98 Å². The number of hydrogen-bond donors (Lipinski definition) is 0. The molecule has 1 aliphatic carbocycles. The Morgan fingerprint density at radius 1 is 0.889 bits per heavy atom. The summed E-state index contributed by atoms with van der Waals surface area (Å²) in [4.78, 5) is 41.8. The van der Waals surface area contributed by atoms with Gasteiger partial charge in [-0.05, 0) is 11.5 Å². The average molecular weight is 374 g/mol. The van der Waals surface area contributed by atoms with Crippen LogP contribution in [0.5, 0.6) is 0 Å². The first-order chi connectivity index (χ1) is 13.0. The number of carbonyl (C=O) groups is 2. The number of benzene rings is 3. The zero-order valence-corrected chi connectivity index (χ0v) is 14.5. The molecule has 130 valence electrons. The lowest BCUT2D eigenvalue weighted by atomic mass is 9.95. The van der Waals surface area contributed by atoms with Crippen LogP contribution in [0.3, 0.4) is 0 Å². The Bertz CT molecular complexity index is 1270. The highest BCUT2D eigenvalue weighted by atomic mass is 32.1. The molecule has 1 aliphatic rings. The maximum atomic E-state index is 13.0. The maximum absolute atomic E-state index is 13.0. The van der Waals surface area contributed by atoms with Crippen molar-refractivity contribution in [3.8, 4) is 0 Å². The Morgan fingerprint density at radius 2 is 1.52 bits per heavy atom. The number of Topliss-reactive ketones (excluding diaryl/α,β-unsaturated/α-hetero) is 2. The van der Waals surface area contributed by atoms with E-state index in [1.807, 2.05) is 36.4 Å². The number of carbonyl (C=O) groups excluding carboxylic acids is 2. The normalized spacial score (nSPS) is 15.4. The van der Waals surface area contributed by atoms with Crippen LogP contribution in [0.1, 0.15) is 25.7 Å². The third kappa shape index (κ3) is 1.86. The number of hydrogen-bond acceptors (Lipinski definition) is 6. The monoisotopic (exact) mass is 374 g/mol. The van der Waals surface area contributed by atoms with Gasteiger partial charge in [0.25, 0.3) is 11.6 Å². The molecule has 0 saturated heterocycles. The van der Waals surface area contributed by atoms with Crippen LogP contribution in [-0.2, 0) is 5.54 Å². The minimum absolute atomic E-state index is 0.0725. The first kappa shape index (κ1) is 15.8. The second-order valence-electron chi connectivity index (χ2n) is 6.32. The maximum Gasteiger partial charge on any atom is 0.395 e. The Kier molecular flexibility index (Phi) is 3.08. The van der Waals surface area contributed by atoms with Gasteiger partial charge in [0.15, 0.2) is 5.01 Å². The fraction of sp³-hybridized carbons (Fsp3) is 0.0500. The number of nitro groups is 1. The average Bonchev–Trinajstić information content (AvgIpc) is 3.21. The molecule has 0 N–H and O–H groups in total. The van der Waals surface area contributed by atoms with Crippen molar-refractivity contribution in [3.05, 3.63) is 86.9 Å². The highest BCUT2D eigenvalue weighted by Gasteiger charge is 2.67. The lowest BCUT2D eigenvalue weighted by Gasteiger charge is -2.13. The third-order valence-electron chi connectivity index (χ3n) is 4.94. The van der Waals surface area contributed by atoms with Gasteiger partial charge in [-0.25, -0.2) is 4.98 Å². The number of thiazole rings is 1. The summed E-state index contributed by atoms with van der Waals surface area (Å²) in [6.07, 6.45) is 0. The third-order valence-corrected chi connectivity index (χ3v) is 6.07. The Morgan fingerprint density at radius 3 is 2.19 bits per heavy atom. The van der Waals surface area contributed by atoms with Crippen molar-refractivity contribution in [3.63, 3.8) is 0 Å². The van der Waals surface area contributed by atoms with Gasteiger partial charge >= 0.3 is 5.54 Å². The summed E-state index contributed by atoms with van der Waals surface area (Å²) in [5.41, 5.74) is -1.80. The molecule has 0 unspecified atom stereocenters. The standard InChI is InChI=1S/C20H10N2O4S/c23-17-13-7-3-4-8-14(13)18(24)20(17,22(25)26)19-21-16-12-6-2-1-5-11(12)9-10-15(16)27-19/h1-10H. The predicted molar refractivity (Wildman–Crippen MR) is 101 cm³/mol. The zero-order valence-electron chi connectivity index (χ0n) is 13.7. The van der Waals surface area contributed by atoms with E-state index in [-0.39, 0.29) is 16.1 Å². The molecule has 1 heterocycles. The zero-order chi connectivity index (χ0) is 18.8. The van der Waals surface area contributed by atoms with Gasteiger partial charge in [-0.15, -0.1) is 11.3 Å². The van der Waals surface area contributed by atoms with Crippen LogP contribution in [0.15, 0.2) is 60.7 Å². The molecule has 7 heteroatoms. The van der Waals surface area contributed by atoms with Crippen molar-refractivity contribution in [2.75, 3.05) is 0 Å². The van der Waals surface area contributed by atoms with Gasteiger partial charge in [0.2, 0.25) is 0 Å². The lowest BCUT2D eigenvalue weighted by Crippen LogP contribution is -2.45. The predicted octanol–water partition coefficient (Wildman–Crippen LogP) is 4.00. The Hall–Kier alpha value is -3.45. The summed E-state index contributed by atoms with van der Waals surface area (Å²) in [5, 5.41) is 13.8. The minimum Gasteiger partial charge on any atom is -0.285 e. The van der Waals surface area contributed by atoms with E-state index in [0.29, 0.717) is 10.2 Å². The largest absolute Gasteiger partial charge is 0.395 e. The van der Waals surface area contributed by atoms with Crippen molar-refractivity contribution in [1.82, 2.24) is 4.98 Å². The fourth-order valence-corrected chi connectivity index (χ4v) is 4.77. The summed E-state index contributed by atoms with van der Waals surface area (Å²) in [6, 6.07) is 17.3. The van der Waals surface area contributed by atoms with Crippen LogP contribution in [0.4, 0.5) is 0 Å². The second-order valence-corrected chi connectivity index (χ2v) is 7.35. The van der Waals surface area contributed by atoms with Crippen LogP contribution in [-0.4, -0.2) is 21.5 Å². The van der Waals surface area contributed by atoms with Crippen molar-refractivity contribution < 1.29 is 14.5 Å². The molecule has 27 heavy (non-hydrogen) atoms. The number of rotatable bonds is 2. The first-order valence-electron chi connectivity index (χ1n) is 8.17. The molecule has 3 aromatic carbocycles. The van der Waals surface area contributed by atoms with Crippen LogP contribution >= 0.6 is 11.3 Å². The van der Waals surface area contributed by atoms with E-state index in [4.69, 9.17) is 0 Å². The van der Waals surface area contributed by atoms with Crippen LogP contribution in [0, 0.1) is 10.1 Å². The van der Waals surface area contributed by atoms with Crippen molar-refractivity contribution in [2.45, 2.75) is 5.54 Å². The summed E-state index contributed by atoms with van der Waals surface area (Å²) >= 11 is 1.02. The number of fused-ring (bicyclic) bond motifs is 4. The van der Waals surface area contributed by atoms with Gasteiger partial charge in [0.05, 0.1) is 15.1 Å². The number of nitrogens with zero attached hydrogens (tertiary/aromatic N) is 2. The molecule has 1 aromatic heterocycles. The van der Waals surface area contributed by atoms with Crippen molar-refractivity contribution in [2.24, 2.45) is 0 Å². The first-order valence-corrected chi connectivity index (χ1v) is 8.98. The molecular weight excluding hydrogens is 364 g/mol. The van der Waals surface area contributed by atoms with E-state index >= 15 is 0 Å². The molecule has 0 atom stereocenters. The topological polar surface area (TPSA) is 90.2 Å². The highest BCUT2D eigenvalue weighted by Crippen LogP contribution is 2.43. The molecule has 0 fully saturated rings. The van der Waals surface area contributed by atoms with E-state index in [1.54, 1.807) is 12.1 Å². The molecule has 0 saturated carbocycles. The van der Waals surface area contributed by atoms with Gasteiger partial charge in [0, 0.05) is 16.5 Å². The lowest BCUT2D eigenvalue weighted by molar-refractivity contribution is -0.537. The summed E-state index contributed by atoms with van der Waals surface area (Å²) < 4.78 is 0.696. The van der Waals surface area contributed by atoms with E-state index in [1.165, 1.54) is 12.1 Å². The SMILES string of the molecule is O=C1c2ccccc2C(=O)C1(c1nc2c(ccc3ccccc32)s1)[N+](=O)[O-]. The van der Waals surface area contributed by atoms with Crippen LogP contribution < -0.4 is 0 Å². The Labute approximate surface area is 156 Å². The van der Waals surface area contributed by atoms with Crippen LogP contribution in [0.2, 0.25) is 0 Å². The number of aromatic nitrogens is 1. The summed E-state index contributed by atoms with van der Waals surface area (Å²) in [5.74, 6) is -1.65. The molecule has 4 aromatic rings. The molecule has 5 rings (SSSR count). The molecule has 6 nitrogen and oxygen atoms in total. The second kappa shape index (κ2) is 5.28. The van der Waals surface area contributed by atoms with E-state index in [9.17, 15) is 19.7 Å². The van der Waals surface area contributed by atoms with Crippen molar-refractivity contribution >= 4 is 43.9 Å². The van der Waals surface area contributed by atoms with Gasteiger partial charge in [-0.1, -0.05) is 54.6 Å². The molecule has 0 spiro atoms. The quantitative estimate of drug-likeness (QED) is 0.300. The number of ketones is 2. The smallest absolute Gasteiger partial charge is 0.285 e. The molecular formula is C20H10N2O4S. The Balaban J connectivity index is 1.84. The van der Waals surface area contributed by atoms with Crippen LogP contribution in [0.25, 0.3) is 21.0 Å². The van der Waals surface area contributed by atoms with Gasteiger partial charge in [0.1, 0.15) is 0 Å². The van der Waals surface area contributed by atoms with Gasteiger partial charge < -0.3 is 0 Å². The molecule has 0 radical (unpaired) electrons. The molecule has 0 amide bonds. The molecule has 0 aliphatic heterocycles. The highest BCUT2D eigenvalue weighted by molar-refractivity contribution is 7.19.